The molecule has 0 aromatic heterocycles. The van der Waals surface area contributed by atoms with Gasteiger partial charge in [0.1, 0.15) is 16.5 Å². The van der Waals surface area contributed by atoms with Gasteiger partial charge in [0.15, 0.2) is 0 Å². The molecule has 0 aliphatic carbocycles. The Balaban J connectivity index is 3.04. The molecular formula is C11H15F2NO2S. The minimum atomic E-state index is -3.87. The first-order chi connectivity index (χ1) is 7.89. The summed E-state index contributed by atoms with van der Waals surface area (Å²) in [5, 5.41) is 0. The van der Waals surface area contributed by atoms with Crippen LogP contribution in [0.1, 0.15) is 19.8 Å². The van der Waals surface area contributed by atoms with E-state index in [-0.39, 0.29) is 0 Å². The molecule has 0 heterocycles. The Morgan fingerprint density at radius 3 is 2.47 bits per heavy atom. The summed E-state index contributed by atoms with van der Waals surface area (Å²) >= 11 is 0. The van der Waals surface area contributed by atoms with Gasteiger partial charge in [0.05, 0.1) is 0 Å². The molecule has 0 radical (unpaired) electrons. The van der Waals surface area contributed by atoms with Crippen molar-refractivity contribution >= 4 is 10.0 Å². The number of halogens is 2. The van der Waals surface area contributed by atoms with Crippen LogP contribution in [0.25, 0.3) is 0 Å². The predicted molar refractivity (Wildman–Crippen MR) is 61.1 cm³/mol. The maximum Gasteiger partial charge on any atom is 0.245 e. The number of sulfonamides is 1. The Kier molecular flexibility index (Phi) is 4.59. The van der Waals surface area contributed by atoms with Crippen molar-refractivity contribution in [2.45, 2.75) is 24.7 Å². The van der Waals surface area contributed by atoms with Crippen LogP contribution in [0.15, 0.2) is 23.1 Å². The van der Waals surface area contributed by atoms with Crippen molar-refractivity contribution in [3.8, 4) is 0 Å². The third kappa shape index (κ3) is 3.23. The SMILES string of the molecule is CCCCN(C)S(=O)(=O)c1ccc(F)cc1F. The smallest absolute Gasteiger partial charge is 0.207 e. The van der Waals surface area contributed by atoms with Crippen molar-refractivity contribution in [1.29, 1.82) is 0 Å². The van der Waals surface area contributed by atoms with E-state index in [0.29, 0.717) is 19.0 Å². The van der Waals surface area contributed by atoms with E-state index in [0.717, 1.165) is 22.9 Å². The minimum absolute atomic E-state index is 0.315. The summed E-state index contributed by atoms with van der Waals surface area (Å²) < 4.78 is 51.0. The molecule has 1 aromatic rings. The van der Waals surface area contributed by atoms with Crippen molar-refractivity contribution in [2.24, 2.45) is 0 Å². The fraction of sp³-hybridized carbons (Fsp3) is 0.455. The van der Waals surface area contributed by atoms with E-state index in [2.05, 4.69) is 0 Å². The lowest BCUT2D eigenvalue weighted by Gasteiger charge is -2.17. The van der Waals surface area contributed by atoms with Gasteiger partial charge in [-0.1, -0.05) is 13.3 Å². The fourth-order valence-corrected chi connectivity index (χ4v) is 2.60. The second-order valence-corrected chi connectivity index (χ2v) is 5.77. The lowest BCUT2D eigenvalue weighted by molar-refractivity contribution is 0.452. The van der Waals surface area contributed by atoms with E-state index >= 15 is 0 Å². The van der Waals surface area contributed by atoms with Crippen LogP contribution >= 0.6 is 0 Å². The molecule has 0 amide bonds. The van der Waals surface area contributed by atoms with Gasteiger partial charge in [0, 0.05) is 19.7 Å². The van der Waals surface area contributed by atoms with E-state index in [1.807, 2.05) is 6.92 Å². The molecule has 1 aromatic carbocycles. The highest BCUT2D eigenvalue weighted by atomic mass is 32.2. The highest BCUT2D eigenvalue weighted by molar-refractivity contribution is 7.89. The van der Waals surface area contributed by atoms with Crippen molar-refractivity contribution in [2.75, 3.05) is 13.6 Å². The molecule has 0 fully saturated rings. The van der Waals surface area contributed by atoms with Gasteiger partial charge in [0.25, 0.3) is 0 Å². The molecule has 0 bridgehead atoms. The quantitative estimate of drug-likeness (QED) is 0.818. The molecule has 0 aliphatic heterocycles. The Labute approximate surface area is 100 Å². The van der Waals surface area contributed by atoms with Crippen molar-refractivity contribution in [1.82, 2.24) is 4.31 Å². The normalized spacial score (nSPS) is 12.1. The Hall–Kier alpha value is -1.01. The van der Waals surface area contributed by atoms with Gasteiger partial charge in [-0.3, -0.25) is 0 Å². The van der Waals surface area contributed by atoms with Crippen molar-refractivity contribution in [3.63, 3.8) is 0 Å². The van der Waals surface area contributed by atoms with Crippen LogP contribution in [-0.4, -0.2) is 26.3 Å². The highest BCUT2D eigenvalue weighted by Gasteiger charge is 2.24. The van der Waals surface area contributed by atoms with Crippen LogP contribution in [0.2, 0.25) is 0 Å². The molecule has 3 nitrogen and oxygen atoms in total. The van der Waals surface area contributed by atoms with Gasteiger partial charge in [-0.2, -0.15) is 0 Å². The van der Waals surface area contributed by atoms with E-state index < -0.39 is 26.6 Å². The molecule has 6 heteroatoms. The number of hydrogen-bond acceptors (Lipinski definition) is 2. The first kappa shape index (κ1) is 14.1. The van der Waals surface area contributed by atoms with Gasteiger partial charge >= 0.3 is 0 Å². The van der Waals surface area contributed by atoms with Crippen molar-refractivity contribution in [3.05, 3.63) is 29.8 Å². The summed E-state index contributed by atoms with van der Waals surface area (Å²) in [5.41, 5.74) is 0. The first-order valence-electron chi connectivity index (χ1n) is 5.31. The summed E-state index contributed by atoms with van der Waals surface area (Å²) in [6.07, 6.45) is 1.53. The molecule has 17 heavy (non-hydrogen) atoms. The summed E-state index contributed by atoms with van der Waals surface area (Å²) in [6, 6.07) is 2.45. The average molecular weight is 263 g/mol. The molecular weight excluding hydrogens is 248 g/mol. The number of benzene rings is 1. The Bertz CT molecular complexity index is 488. The van der Waals surface area contributed by atoms with Gasteiger partial charge in [0.2, 0.25) is 10.0 Å². The summed E-state index contributed by atoms with van der Waals surface area (Å²) in [7, 11) is -2.48. The summed E-state index contributed by atoms with van der Waals surface area (Å²) in [6.45, 7) is 2.24. The minimum Gasteiger partial charge on any atom is -0.207 e. The third-order valence-corrected chi connectivity index (χ3v) is 4.30. The molecule has 96 valence electrons. The number of rotatable bonds is 5. The largest absolute Gasteiger partial charge is 0.245 e. The molecule has 0 saturated carbocycles. The first-order valence-corrected chi connectivity index (χ1v) is 6.75. The second kappa shape index (κ2) is 5.55. The van der Waals surface area contributed by atoms with Crippen LogP contribution in [0, 0.1) is 11.6 Å². The van der Waals surface area contributed by atoms with E-state index in [9.17, 15) is 17.2 Å². The predicted octanol–water partition coefficient (Wildman–Crippen LogP) is 2.39. The molecule has 0 atom stereocenters. The van der Waals surface area contributed by atoms with E-state index in [1.165, 1.54) is 7.05 Å². The lowest BCUT2D eigenvalue weighted by atomic mass is 10.3. The molecule has 0 spiro atoms. The van der Waals surface area contributed by atoms with Crippen LogP contribution in [-0.2, 0) is 10.0 Å². The number of nitrogens with zero attached hydrogens (tertiary/aromatic N) is 1. The van der Waals surface area contributed by atoms with Gasteiger partial charge in [-0.15, -0.1) is 0 Å². The van der Waals surface area contributed by atoms with Crippen LogP contribution in [0.5, 0.6) is 0 Å². The van der Waals surface area contributed by atoms with E-state index in [1.54, 1.807) is 0 Å². The van der Waals surface area contributed by atoms with Crippen LogP contribution < -0.4 is 0 Å². The van der Waals surface area contributed by atoms with Gasteiger partial charge in [-0.25, -0.2) is 21.5 Å². The van der Waals surface area contributed by atoms with Crippen molar-refractivity contribution < 1.29 is 17.2 Å². The lowest BCUT2D eigenvalue weighted by Crippen LogP contribution is -2.28. The Morgan fingerprint density at radius 1 is 1.29 bits per heavy atom. The second-order valence-electron chi connectivity index (χ2n) is 3.75. The molecule has 1 rings (SSSR count). The molecule has 0 aliphatic rings. The maximum atomic E-state index is 13.4. The van der Waals surface area contributed by atoms with Crippen LogP contribution in [0.4, 0.5) is 8.78 Å². The Morgan fingerprint density at radius 2 is 1.94 bits per heavy atom. The number of hydrogen-bond donors (Lipinski definition) is 0. The topological polar surface area (TPSA) is 37.4 Å². The standard InChI is InChI=1S/C11H15F2NO2S/c1-3-4-7-14(2)17(15,16)11-6-5-9(12)8-10(11)13/h5-6,8H,3-4,7H2,1-2H3. The zero-order chi connectivity index (χ0) is 13.1. The highest BCUT2D eigenvalue weighted by Crippen LogP contribution is 2.19. The molecule has 0 unspecified atom stereocenters. The van der Waals surface area contributed by atoms with E-state index in [4.69, 9.17) is 0 Å². The summed E-state index contributed by atoms with van der Waals surface area (Å²) in [5.74, 6) is -1.86. The van der Waals surface area contributed by atoms with Crippen LogP contribution in [0.3, 0.4) is 0 Å². The van der Waals surface area contributed by atoms with Gasteiger partial charge in [-0.05, 0) is 18.6 Å². The monoisotopic (exact) mass is 263 g/mol. The fourth-order valence-electron chi connectivity index (χ4n) is 1.35. The number of unbranched alkanes of at least 4 members (excludes halogenated alkanes) is 1. The summed E-state index contributed by atoms with van der Waals surface area (Å²) in [4.78, 5) is -0.488. The third-order valence-electron chi connectivity index (χ3n) is 2.41. The maximum absolute atomic E-state index is 13.4. The average Bonchev–Trinajstić information content (AvgIpc) is 2.25. The zero-order valence-corrected chi connectivity index (χ0v) is 10.6. The molecule has 0 N–H and O–H groups in total. The zero-order valence-electron chi connectivity index (χ0n) is 9.78. The molecule has 0 saturated heterocycles. The van der Waals surface area contributed by atoms with Gasteiger partial charge < -0.3 is 0 Å².